The normalized spacial score (nSPS) is 10.7. The molecule has 7 nitrogen and oxygen atoms in total. The van der Waals surface area contributed by atoms with Crippen LogP contribution >= 0.6 is 0 Å². The molecule has 0 aliphatic rings. The van der Waals surface area contributed by atoms with Gasteiger partial charge in [0.25, 0.3) is 0 Å². The standard InChI is InChI=1S/C16H13F3N4O3/c1-2-25-14(24)12-8-22-15(23-9-12)21-7-11-3-10(6-20)4-13(5-11)26-16(17,18)19/h3-5,8-9H,2,7H2,1H3,(H,21,22,23). The average Bonchev–Trinajstić information content (AvgIpc) is 2.59. The van der Waals surface area contributed by atoms with Gasteiger partial charge in [-0.3, -0.25) is 0 Å². The number of benzene rings is 1. The molecule has 1 aromatic carbocycles. The van der Waals surface area contributed by atoms with Gasteiger partial charge in [0.1, 0.15) is 5.75 Å². The molecule has 2 rings (SSSR count). The number of nitriles is 1. The smallest absolute Gasteiger partial charge is 0.462 e. The zero-order valence-corrected chi connectivity index (χ0v) is 13.5. The number of alkyl halides is 3. The summed E-state index contributed by atoms with van der Waals surface area (Å²) in [5.41, 5.74) is 0.549. The molecule has 0 atom stereocenters. The van der Waals surface area contributed by atoms with Crippen molar-refractivity contribution in [3.05, 3.63) is 47.3 Å². The molecule has 1 aromatic heterocycles. The number of aromatic nitrogens is 2. The predicted octanol–water partition coefficient (Wildman–Crippen LogP) is 3.04. The second kappa shape index (κ2) is 8.15. The minimum Gasteiger partial charge on any atom is -0.462 e. The molecule has 26 heavy (non-hydrogen) atoms. The van der Waals surface area contributed by atoms with Gasteiger partial charge in [-0.15, -0.1) is 13.2 Å². The van der Waals surface area contributed by atoms with E-state index >= 15 is 0 Å². The van der Waals surface area contributed by atoms with Crippen molar-refractivity contribution in [2.45, 2.75) is 19.8 Å². The Morgan fingerprint density at radius 3 is 2.54 bits per heavy atom. The van der Waals surface area contributed by atoms with Crippen LogP contribution < -0.4 is 10.1 Å². The maximum Gasteiger partial charge on any atom is 0.573 e. The summed E-state index contributed by atoms with van der Waals surface area (Å²) in [4.78, 5) is 19.3. The Kier molecular flexibility index (Phi) is 5.95. The molecule has 2 aromatic rings. The van der Waals surface area contributed by atoms with Crippen molar-refractivity contribution < 1.29 is 27.4 Å². The summed E-state index contributed by atoms with van der Waals surface area (Å²) >= 11 is 0. The summed E-state index contributed by atoms with van der Waals surface area (Å²) in [5.74, 6) is -0.902. The van der Waals surface area contributed by atoms with E-state index in [0.29, 0.717) is 5.56 Å². The summed E-state index contributed by atoms with van der Waals surface area (Å²) in [6.45, 7) is 1.93. The van der Waals surface area contributed by atoms with Crippen LogP contribution in [0.2, 0.25) is 0 Å². The van der Waals surface area contributed by atoms with E-state index < -0.39 is 18.1 Å². The van der Waals surface area contributed by atoms with Crippen LogP contribution in [0.5, 0.6) is 5.75 Å². The Morgan fingerprint density at radius 2 is 1.96 bits per heavy atom. The third-order valence-electron chi connectivity index (χ3n) is 2.94. The van der Waals surface area contributed by atoms with Crippen LogP contribution in [0, 0.1) is 11.3 Å². The minimum absolute atomic E-state index is 0.0159. The molecule has 0 aliphatic carbocycles. The number of nitrogens with zero attached hydrogens (tertiary/aromatic N) is 3. The quantitative estimate of drug-likeness (QED) is 0.785. The van der Waals surface area contributed by atoms with E-state index in [2.05, 4.69) is 20.0 Å². The lowest BCUT2D eigenvalue weighted by Gasteiger charge is -2.11. The van der Waals surface area contributed by atoms with Crippen LogP contribution in [0.4, 0.5) is 19.1 Å². The Bertz CT molecular complexity index is 817. The van der Waals surface area contributed by atoms with Crippen molar-refractivity contribution in [3.8, 4) is 11.8 Å². The number of hydrogen-bond acceptors (Lipinski definition) is 7. The van der Waals surface area contributed by atoms with Crippen molar-refractivity contribution in [3.63, 3.8) is 0 Å². The van der Waals surface area contributed by atoms with Crippen LogP contribution in [0.3, 0.4) is 0 Å². The van der Waals surface area contributed by atoms with Crippen LogP contribution in [-0.2, 0) is 11.3 Å². The molecule has 0 amide bonds. The Labute approximate surface area is 146 Å². The van der Waals surface area contributed by atoms with Gasteiger partial charge in [0.15, 0.2) is 0 Å². The number of rotatable bonds is 6. The topological polar surface area (TPSA) is 97.1 Å². The third-order valence-corrected chi connectivity index (χ3v) is 2.94. The monoisotopic (exact) mass is 366 g/mol. The van der Waals surface area contributed by atoms with Crippen molar-refractivity contribution in [1.82, 2.24) is 9.97 Å². The van der Waals surface area contributed by atoms with Crippen LogP contribution in [0.1, 0.15) is 28.4 Å². The summed E-state index contributed by atoms with van der Waals surface area (Å²) in [6.07, 6.45) is -2.33. The maximum atomic E-state index is 12.3. The number of esters is 1. The number of halogens is 3. The molecule has 0 radical (unpaired) electrons. The number of nitrogens with one attached hydrogen (secondary N) is 1. The predicted molar refractivity (Wildman–Crippen MR) is 83.2 cm³/mol. The Hall–Kier alpha value is -3.35. The van der Waals surface area contributed by atoms with Gasteiger partial charge in [0.2, 0.25) is 5.95 Å². The SMILES string of the molecule is CCOC(=O)c1cnc(NCc2cc(C#N)cc(OC(F)(F)F)c2)nc1. The largest absolute Gasteiger partial charge is 0.573 e. The third kappa shape index (κ3) is 5.62. The van der Waals surface area contributed by atoms with Crippen molar-refractivity contribution >= 4 is 11.9 Å². The zero-order valence-electron chi connectivity index (χ0n) is 13.5. The first kappa shape index (κ1) is 19.0. The minimum atomic E-state index is -4.86. The number of carbonyl (C=O) groups is 1. The first-order valence-electron chi connectivity index (χ1n) is 7.33. The second-order valence-electron chi connectivity index (χ2n) is 4.89. The number of anilines is 1. The van der Waals surface area contributed by atoms with Gasteiger partial charge in [-0.25, -0.2) is 14.8 Å². The summed E-state index contributed by atoms with van der Waals surface area (Å²) in [6, 6.07) is 5.31. The highest BCUT2D eigenvalue weighted by atomic mass is 19.4. The van der Waals surface area contributed by atoms with E-state index in [0.717, 1.165) is 12.1 Å². The Balaban J connectivity index is 2.08. The molecule has 0 spiro atoms. The van der Waals surface area contributed by atoms with Crippen LogP contribution in [0.15, 0.2) is 30.6 Å². The highest BCUT2D eigenvalue weighted by Crippen LogP contribution is 2.25. The molecule has 1 N–H and O–H groups in total. The molecule has 0 aliphatic heterocycles. The van der Waals surface area contributed by atoms with Crippen LogP contribution in [0.25, 0.3) is 0 Å². The van der Waals surface area contributed by atoms with E-state index in [9.17, 15) is 18.0 Å². The summed E-state index contributed by atoms with van der Waals surface area (Å²) < 4.78 is 45.7. The summed E-state index contributed by atoms with van der Waals surface area (Å²) in [7, 11) is 0. The fourth-order valence-corrected chi connectivity index (χ4v) is 1.94. The molecule has 0 saturated heterocycles. The number of carbonyl (C=O) groups excluding carboxylic acids is 1. The van der Waals surface area contributed by atoms with E-state index in [1.165, 1.54) is 18.5 Å². The highest BCUT2D eigenvalue weighted by Gasteiger charge is 2.31. The molecule has 10 heteroatoms. The number of hydrogen-bond donors (Lipinski definition) is 1. The van der Waals surface area contributed by atoms with E-state index in [-0.39, 0.29) is 30.2 Å². The first-order valence-corrected chi connectivity index (χ1v) is 7.33. The van der Waals surface area contributed by atoms with Gasteiger partial charge < -0.3 is 14.8 Å². The fraction of sp³-hybridized carbons (Fsp3) is 0.250. The van der Waals surface area contributed by atoms with Gasteiger partial charge in [-0.05, 0) is 30.7 Å². The summed E-state index contributed by atoms with van der Waals surface area (Å²) in [5, 5.41) is 11.7. The molecule has 0 saturated carbocycles. The average molecular weight is 366 g/mol. The van der Waals surface area contributed by atoms with Gasteiger partial charge >= 0.3 is 12.3 Å². The fourth-order valence-electron chi connectivity index (χ4n) is 1.94. The van der Waals surface area contributed by atoms with Gasteiger partial charge in [-0.1, -0.05) is 0 Å². The van der Waals surface area contributed by atoms with Gasteiger partial charge in [-0.2, -0.15) is 5.26 Å². The lowest BCUT2D eigenvalue weighted by molar-refractivity contribution is -0.274. The van der Waals surface area contributed by atoms with Crippen molar-refractivity contribution in [2.75, 3.05) is 11.9 Å². The van der Waals surface area contributed by atoms with E-state index in [1.54, 1.807) is 13.0 Å². The van der Waals surface area contributed by atoms with E-state index in [4.69, 9.17) is 10.00 Å². The molecule has 1 heterocycles. The van der Waals surface area contributed by atoms with E-state index in [1.807, 2.05) is 0 Å². The first-order chi connectivity index (χ1) is 12.3. The molecule has 0 bridgehead atoms. The van der Waals surface area contributed by atoms with Gasteiger partial charge in [0.05, 0.1) is 23.8 Å². The molecule has 136 valence electrons. The second-order valence-corrected chi connectivity index (χ2v) is 4.89. The lowest BCUT2D eigenvalue weighted by atomic mass is 10.1. The number of ether oxygens (including phenoxy) is 2. The van der Waals surface area contributed by atoms with Crippen molar-refractivity contribution in [1.29, 1.82) is 5.26 Å². The molecular weight excluding hydrogens is 353 g/mol. The maximum absolute atomic E-state index is 12.3. The zero-order chi connectivity index (χ0) is 19.2. The van der Waals surface area contributed by atoms with Crippen LogP contribution in [-0.4, -0.2) is 28.9 Å². The van der Waals surface area contributed by atoms with Crippen molar-refractivity contribution in [2.24, 2.45) is 0 Å². The highest BCUT2D eigenvalue weighted by molar-refractivity contribution is 5.88. The lowest BCUT2D eigenvalue weighted by Crippen LogP contribution is -2.17. The molecule has 0 fully saturated rings. The molecule has 0 unspecified atom stereocenters. The van der Waals surface area contributed by atoms with Gasteiger partial charge in [0, 0.05) is 18.9 Å². The Morgan fingerprint density at radius 1 is 1.27 bits per heavy atom. The molecular formula is C16H13F3N4O3.